The van der Waals surface area contributed by atoms with E-state index in [0.29, 0.717) is 25.3 Å². The molecule has 180 valence electrons. The second-order valence-corrected chi connectivity index (χ2v) is 8.86. The molecule has 1 aliphatic heterocycles. The van der Waals surface area contributed by atoms with E-state index < -0.39 is 6.10 Å². The lowest BCUT2D eigenvalue weighted by Gasteiger charge is -2.20. The van der Waals surface area contributed by atoms with Crippen molar-refractivity contribution in [3.63, 3.8) is 0 Å². The summed E-state index contributed by atoms with van der Waals surface area (Å²) in [4.78, 5) is 9.62. The number of hydrogen-bond acceptors (Lipinski definition) is 5. The maximum Gasteiger partial charge on any atom is 0.207 e. The van der Waals surface area contributed by atoms with Crippen LogP contribution in [0.5, 0.6) is 0 Å². The number of benzene rings is 2. The van der Waals surface area contributed by atoms with Gasteiger partial charge in [0, 0.05) is 35.1 Å². The summed E-state index contributed by atoms with van der Waals surface area (Å²) in [5.74, 6) is 0.767. The summed E-state index contributed by atoms with van der Waals surface area (Å²) >= 11 is 11.5. The van der Waals surface area contributed by atoms with E-state index >= 15 is 0 Å². The van der Waals surface area contributed by atoms with Gasteiger partial charge in [0.1, 0.15) is 0 Å². The predicted molar refractivity (Wildman–Crippen MR) is 133 cm³/mol. The fourth-order valence-corrected chi connectivity index (χ4v) is 3.81. The van der Waals surface area contributed by atoms with Crippen LogP contribution in [0, 0.1) is 23.2 Å². The van der Waals surface area contributed by atoms with Gasteiger partial charge in [-0.25, -0.2) is 0 Å². The number of halogens is 2. The van der Waals surface area contributed by atoms with Crippen LogP contribution in [0.25, 0.3) is 0 Å². The monoisotopic (exact) mass is 493 g/mol. The number of nitrogens with one attached hydrogen (secondary N) is 2. The average Bonchev–Trinajstić information content (AvgIpc) is 3.25. The van der Waals surface area contributed by atoms with E-state index in [1.165, 1.54) is 5.56 Å². The highest BCUT2D eigenvalue weighted by atomic mass is 35.5. The van der Waals surface area contributed by atoms with E-state index in [1.54, 1.807) is 0 Å². The van der Waals surface area contributed by atoms with Gasteiger partial charge in [-0.3, -0.25) is 4.79 Å². The number of carbonyl (C=O) groups is 1. The van der Waals surface area contributed by atoms with Crippen LogP contribution in [0.15, 0.2) is 54.6 Å². The molecule has 0 radical (unpaired) electrons. The summed E-state index contributed by atoms with van der Waals surface area (Å²) in [6.07, 6.45) is 0.247. The molecule has 3 rings (SSSR count). The second-order valence-electron chi connectivity index (χ2n) is 7.99. The van der Waals surface area contributed by atoms with Crippen LogP contribution in [0.3, 0.4) is 0 Å². The van der Waals surface area contributed by atoms with Gasteiger partial charge in [-0.1, -0.05) is 67.4 Å². The first-order valence-electron chi connectivity index (χ1n) is 10.9. The van der Waals surface area contributed by atoms with Gasteiger partial charge in [-0.15, -0.1) is 0 Å². The normalized spacial score (nSPS) is 19.9. The first kappa shape index (κ1) is 28.9. The highest BCUT2D eigenvalue weighted by Gasteiger charge is 2.38. The van der Waals surface area contributed by atoms with Crippen molar-refractivity contribution < 1.29 is 15.0 Å². The van der Waals surface area contributed by atoms with Crippen molar-refractivity contribution in [2.45, 2.75) is 38.3 Å². The Labute approximate surface area is 206 Å². The predicted octanol–water partition coefficient (Wildman–Crippen LogP) is 4.01. The molecule has 0 saturated carbocycles. The lowest BCUT2D eigenvalue weighted by atomic mass is 9.83. The van der Waals surface area contributed by atoms with Crippen LogP contribution >= 0.6 is 23.2 Å². The lowest BCUT2D eigenvalue weighted by molar-refractivity contribution is -0.109. The van der Waals surface area contributed by atoms with Gasteiger partial charge in [0.2, 0.25) is 6.41 Å². The third-order valence-electron chi connectivity index (χ3n) is 5.19. The van der Waals surface area contributed by atoms with E-state index in [2.05, 4.69) is 36.6 Å². The quantitative estimate of drug-likeness (QED) is 0.344. The zero-order chi connectivity index (χ0) is 24.6. The van der Waals surface area contributed by atoms with Gasteiger partial charge in [0.25, 0.3) is 0 Å². The molecule has 8 heteroatoms. The molecule has 4 N–H and O–H groups in total. The first-order chi connectivity index (χ1) is 15.8. The van der Waals surface area contributed by atoms with Crippen LogP contribution in [0.2, 0.25) is 10.0 Å². The van der Waals surface area contributed by atoms with E-state index in [1.807, 2.05) is 48.5 Å². The molecule has 4 unspecified atom stereocenters. The number of rotatable bonds is 7. The van der Waals surface area contributed by atoms with Crippen LogP contribution in [-0.4, -0.2) is 48.5 Å². The summed E-state index contributed by atoms with van der Waals surface area (Å²) < 4.78 is 0. The Kier molecular flexibility index (Phi) is 14.4. The summed E-state index contributed by atoms with van der Waals surface area (Å²) in [5, 5.41) is 33.7. The molecular weight excluding hydrogens is 461 g/mol. The molecule has 0 aliphatic carbocycles. The highest BCUT2D eigenvalue weighted by molar-refractivity contribution is 6.30. The van der Waals surface area contributed by atoms with E-state index in [4.69, 9.17) is 33.4 Å². The number of carbonyl (C=O) groups excluding carboxylic acids is 1. The Balaban J connectivity index is 0.000000285. The highest BCUT2D eigenvalue weighted by Crippen LogP contribution is 2.35. The number of nitriles is 1. The van der Waals surface area contributed by atoms with Crippen molar-refractivity contribution in [2.75, 3.05) is 19.7 Å². The van der Waals surface area contributed by atoms with Gasteiger partial charge in [0.05, 0.1) is 24.7 Å². The molecule has 0 bridgehead atoms. The average molecular weight is 494 g/mol. The largest absolute Gasteiger partial charge is 0.394 e. The Morgan fingerprint density at radius 1 is 1.18 bits per heavy atom. The van der Waals surface area contributed by atoms with Crippen molar-refractivity contribution in [1.82, 2.24) is 10.6 Å². The minimum atomic E-state index is -0.711. The molecule has 4 atom stereocenters. The fraction of sp³-hybridized carbons (Fsp3) is 0.440. The van der Waals surface area contributed by atoms with E-state index in [9.17, 15) is 10.1 Å². The number of aliphatic hydroxyl groups is 2. The number of nitrogens with zero attached hydrogens (tertiary/aromatic N) is 1. The third kappa shape index (κ3) is 11.0. The van der Waals surface area contributed by atoms with Gasteiger partial charge >= 0.3 is 0 Å². The van der Waals surface area contributed by atoms with Crippen LogP contribution < -0.4 is 10.6 Å². The molecule has 33 heavy (non-hydrogen) atoms. The topological polar surface area (TPSA) is 105 Å². The molecule has 6 nitrogen and oxygen atoms in total. The fourth-order valence-electron chi connectivity index (χ4n) is 3.47. The number of amides is 1. The molecule has 1 aliphatic rings. The SMILES string of the molecule is CC(C)C1NCC(c2cccc(Cl)c2)C1C#N.Clc1ccccc1.O=CNCCC(O)CO. The maximum absolute atomic E-state index is 9.62. The minimum Gasteiger partial charge on any atom is -0.394 e. The molecule has 0 aromatic heterocycles. The number of hydrogen-bond donors (Lipinski definition) is 4. The summed E-state index contributed by atoms with van der Waals surface area (Å²) in [6, 6.07) is 20.0. The molecular formula is C25H33Cl2N3O3. The molecule has 1 fully saturated rings. The Morgan fingerprint density at radius 3 is 2.33 bits per heavy atom. The zero-order valence-electron chi connectivity index (χ0n) is 19.0. The summed E-state index contributed by atoms with van der Waals surface area (Å²) in [5.41, 5.74) is 1.17. The van der Waals surface area contributed by atoms with Crippen molar-refractivity contribution in [3.8, 4) is 6.07 Å². The number of aliphatic hydroxyl groups excluding tert-OH is 2. The van der Waals surface area contributed by atoms with Crippen molar-refractivity contribution in [3.05, 3.63) is 70.2 Å². The first-order valence-corrected chi connectivity index (χ1v) is 11.6. The van der Waals surface area contributed by atoms with E-state index in [-0.39, 0.29) is 24.5 Å². The minimum absolute atomic E-state index is 0.0356. The van der Waals surface area contributed by atoms with Gasteiger partial charge in [0.15, 0.2) is 0 Å². The molecule has 1 saturated heterocycles. The smallest absolute Gasteiger partial charge is 0.207 e. The molecule has 2 aromatic rings. The van der Waals surface area contributed by atoms with Crippen LogP contribution in [0.1, 0.15) is 31.7 Å². The molecule has 1 heterocycles. The summed E-state index contributed by atoms with van der Waals surface area (Å²) in [6.45, 7) is 5.33. The Bertz CT molecular complexity index is 846. The Morgan fingerprint density at radius 2 is 1.85 bits per heavy atom. The van der Waals surface area contributed by atoms with E-state index in [0.717, 1.165) is 16.6 Å². The zero-order valence-corrected chi connectivity index (χ0v) is 20.5. The van der Waals surface area contributed by atoms with Crippen molar-refractivity contribution in [1.29, 1.82) is 5.26 Å². The lowest BCUT2D eigenvalue weighted by Crippen LogP contribution is -2.31. The molecule has 2 aromatic carbocycles. The van der Waals surface area contributed by atoms with Crippen molar-refractivity contribution in [2.24, 2.45) is 11.8 Å². The maximum atomic E-state index is 9.62. The third-order valence-corrected chi connectivity index (χ3v) is 5.67. The van der Waals surface area contributed by atoms with Crippen LogP contribution in [0.4, 0.5) is 0 Å². The molecule has 0 spiro atoms. The van der Waals surface area contributed by atoms with Crippen LogP contribution in [-0.2, 0) is 4.79 Å². The van der Waals surface area contributed by atoms with Gasteiger partial charge < -0.3 is 20.8 Å². The van der Waals surface area contributed by atoms with Gasteiger partial charge in [-0.05, 0) is 42.2 Å². The standard InChI is InChI=1S/C14H17ClN2.C6H5Cl.C5H11NO3/c1-9(2)14-12(7-16)13(8-17-14)10-4-3-5-11(15)6-10;7-6-4-2-1-3-5-6;7-3-5(9)1-2-6-4-8/h3-6,9,12-14,17H,8H2,1-2H3;1-5H;4-5,7,9H,1-3H2,(H,6,8). The van der Waals surface area contributed by atoms with Crippen molar-refractivity contribution >= 4 is 29.6 Å². The molecule has 1 amide bonds. The Hall–Kier alpha value is -2.14. The second kappa shape index (κ2) is 16.5. The van der Waals surface area contributed by atoms with Gasteiger partial charge in [-0.2, -0.15) is 5.26 Å². The summed E-state index contributed by atoms with van der Waals surface area (Å²) in [7, 11) is 0.